The van der Waals surface area contributed by atoms with Crippen LogP contribution in [0.4, 0.5) is 0 Å². The number of hydrogen-bond donors (Lipinski definition) is 0. The Kier molecular flexibility index (Phi) is 3.54. The van der Waals surface area contributed by atoms with Gasteiger partial charge >= 0.3 is 0 Å². The molecule has 0 radical (unpaired) electrons. The molecule has 2 heteroatoms. The minimum atomic E-state index is -0.232. The highest BCUT2D eigenvalue weighted by Gasteiger charge is 2.35. The summed E-state index contributed by atoms with van der Waals surface area (Å²) in [7, 11) is 0. The first-order valence-electron chi connectivity index (χ1n) is 5.89. The van der Waals surface area contributed by atoms with Gasteiger partial charge in [-0.25, -0.2) is 0 Å². The summed E-state index contributed by atoms with van der Waals surface area (Å²) in [6.07, 6.45) is 10.3. The summed E-state index contributed by atoms with van der Waals surface area (Å²) in [6, 6.07) is 7.77. The summed E-state index contributed by atoms with van der Waals surface area (Å²) in [6.45, 7) is 0. The van der Waals surface area contributed by atoms with E-state index in [4.69, 9.17) is 18.0 Å². The molecule has 1 nitrogen and oxygen atoms in total. The van der Waals surface area contributed by atoms with Gasteiger partial charge in [0.1, 0.15) is 6.29 Å². The molecule has 0 amide bonds. The molecule has 0 aliphatic heterocycles. The second-order valence-electron chi connectivity index (χ2n) is 4.71. The van der Waals surface area contributed by atoms with Crippen LogP contribution in [0.1, 0.15) is 31.2 Å². The Hall–Kier alpha value is -1.26. The number of carbonyl (C=O) groups excluding carboxylic acids is 1. The quantitative estimate of drug-likeness (QED) is 0.576. The molecular formula is C15H15ClO. The maximum absolute atomic E-state index is 10.8. The van der Waals surface area contributed by atoms with Crippen molar-refractivity contribution in [1.29, 1.82) is 0 Å². The monoisotopic (exact) mass is 246 g/mol. The average Bonchev–Trinajstić information content (AvgIpc) is 2.39. The van der Waals surface area contributed by atoms with E-state index in [1.54, 1.807) is 0 Å². The van der Waals surface area contributed by atoms with Gasteiger partial charge in [-0.1, -0.05) is 29.7 Å². The van der Waals surface area contributed by atoms with E-state index in [1.807, 2.05) is 24.3 Å². The molecule has 1 fully saturated rings. The number of hydrogen-bond acceptors (Lipinski definition) is 1. The molecule has 0 aromatic heterocycles. The van der Waals surface area contributed by atoms with Gasteiger partial charge < -0.3 is 4.79 Å². The largest absolute Gasteiger partial charge is 0.303 e. The third-order valence-electron chi connectivity index (χ3n) is 3.73. The van der Waals surface area contributed by atoms with E-state index in [1.165, 1.54) is 0 Å². The molecular weight excluding hydrogens is 232 g/mol. The molecule has 1 aromatic rings. The molecule has 1 aromatic carbocycles. The van der Waals surface area contributed by atoms with Crippen LogP contribution in [0.2, 0.25) is 5.02 Å². The lowest BCUT2D eigenvalue weighted by Gasteiger charge is -2.35. The van der Waals surface area contributed by atoms with Gasteiger partial charge in [-0.05, 0) is 43.4 Å². The second-order valence-corrected chi connectivity index (χ2v) is 5.15. The Morgan fingerprint density at radius 1 is 1.41 bits per heavy atom. The molecule has 1 aliphatic carbocycles. The Bertz CT molecular complexity index is 450. The predicted molar refractivity (Wildman–Crippen MR) is 70.0 cm³/mol. The van der Waals surface area contributed by atoms with E-state index in [-0.39, 0.29) is 11.3 Å². The van der Waals surface area contributed by atoms with Crippen LogP contribution in [0.25, 0.3) is 0 Å². The molecule has 0 heterocycles. The maximum atomic E-state index is 10.8. The number of terminal acetylenes is 1. The smallest absolute Gasteiger partial charge is 0.123 e. The van der Waals surface area contributed by atoms with Crippen molar-refractivity contribution >= 4 is 17.9 Å². The third-order valence-corrected chi connectivity index (χ3v) is 3.96. The predicted octanol–water partition coefficient (Wildman–Crippen LogP) is 3.60. The van der Waals surface area contributed by atoms with Gasteiger partial charge in [0.2, 0.25) is 0 Å². The number of carbonyl (C=O) groups is 1. The average molecular weight is 247 g/mol. The van der Waals surface area contributed by atoms with Crippen LogP contribution in [-0.2, 0) is 10.2 Å². The van der Waals surface area contributed by atoms with Gasteiger partial charge in [-0.15, -0.1) is 6.42 Å². The number of aldehydes is 1. The fourth-order valence-corrected chi connectivity index (χ4v) is 2.76. The number of rotatable bonds is 2. The van der Waals surface area contributed by atoms with Gasteiger partial charge in [-0.2, -0.15) is 0 Å². The van der Waals surface area contributed by atoms with Crippen LogP contribution < -0.4 is 0 Å². The summed E-state index contributed by atoms with van der Waals surface area (Å²) >= 11 is 6.01. The lowest BCUT2D eigenvalue weighted by Crippen LogP contribution is -2.30. The van der Waals surface area contributed by atoms with Crippen molar-refractivity contribution in [3.63, 3.8) is 0 Å². The Labute approximate surface area is 107 Å². The zero-order valence-corrected chi connectivity index (χ0v) is 10.4. The lowest BCUT2D eigenvalue weighted by atomic mass is 9.67. The van der Waals surface area contributed by atoms with E-state index >= 15 is 0 Å². The van der Waals surface area contributed by atoms with Gasteiger partial charge in [0, 0.05) is 10.9 Å². The zero-order valence-electron chi connectivity index (χ0n) is 9.66. The molecule has 0 spiro atoms. The van der Waals surface area contributed by atoms with Gasteiger partial charge in [0.05, 0.1) is 5.41 Å². The van der Waals surface area contributed by atoms with Gasteiger partial charge in [-0.3, -0.25) is 0 Å². The number of halogens is 1. The SMILES string of the molecule is C#C[C@]1(c2cccc(Cl)c2)CC[C@@H](C=O)CC1. The van der Waals surface area contributed by atoms with E-state index in [9.17, 15) is 4.79 Å². The van der Waals surface area contributed by atoms with Crippen molar-refractivity contribution < 1.29 is 4.79 Å². The van der Waals surface area contributed by atoms with Crippen molar-refractivity contribution in [3.05, 3.63) is 34.9 Å². The molecule has 1 saturated carbocycles. The highest BCUT2D eigenvalue weighted by Crippen LogP contribution is 2.41. The first-order chi connectivity index (χ1) is 8.20. The second kappa shape index (κ2) is 4.94. The summed E-state index contributed by atoms with van der Waals surface area (Å²) in [4.78, 5) is 10.8. The first-order valence-corrected chi connectivity index (χ1v) is 6.27. The first kappa shape index (κ1) is 12.2. The minimum absolute atomic E-state index is 0.177. The topological polar surface area (TPSA) is 17.1 Å². The Balaban J connectivity index is 2.28. The van der Waals surface area contributed by atoms with Crippen molar-refractivity contribution in [2.24, 2.45) is 5.92 Å². The molecule has 17 heavy (non-hydrogen) atoms. The van der Waals surface area contributed by atoms with Crippen LogP contribution in [0.15, 0.2) is 24.3 Å². The standard InChI is InChI=1S/C15H15ClO/c1-2-15(8-6-12(11-17)7-9-15)13-4-3-5-14(16)10-13/h1,3-5,10-12H,6-9H2/t12-,15+. The van der Waals surface area contributed by atoms with E-state index in [2.05, 4.69) is 5.92 Å². The number of benzene rings is 1. The molecule has 0 saturated heterocycles. The molecule has 0 atom stereocenters. The lowest BCUT2D eigenvalue weighted by molar-refractivity contribution is -0.112. The van der Waals surface area contributed by atoms with E-state index in [0.29, 0.717) is 0 Å². The molecule has 88 valence electrons. The van der Waals surface area contributed by atoms with Crippen LogP contribution >= 0.6 is 11.6 Å². The summed E-state index contributed by atoms with van der Waals surface area (Å²) in [5.41, 5.74) is 0.876. The van der Waals surface area contributed by atoms with E-state index in [0.717, 1.165) is 42.6 Å². The fraction of sp³-hybridized carbons (Fsp3) is 0.400. The Morgan fingerprint density at radius 2 is 2.12 bits per heavy atom. The minimum Gasteiger partial charge on any atom is -0.303 e. The summed E-state index contributed by atoms with van der Waals surface area (Å²) < 4.78 is 0. The van der Waals surface area contributed by atoms with Gasteiger partial charge in [0.25, 0.3) is 0 Å². The zero-order chi connectivity index (χ0) is 12.3. The summed E-state index contributed by atoms with van der Waals surface area (Å²) in [5.74, 6) is 3.11. The molecule has 0 bridgehead atoms. The van der Waals surface area contributed by atoms with Crippen molar-refractivity contribution in [2.45, 2.75) is 31.1 Å². The van der Waals surface area contributed by atoms with E-state index < -0.39 is 0 Å². The van der Waals surface area contributed by atoms with Gasteiger partial charge in [0.15, 0.2) is 0 Å². The highest BCUT2D eigenvalue weighted by molar-refractivity contribution is 6.30. The van der Waals surface area contributed by atoms with Crippen LogP contribution in [-0.4, -0.2) is 6.29 Å². The highest BCUT2D eigenvalue weighted by atomic mass is 35.5. The fourth-order valence-electron chi connectivity index (χ4n) is 2.57. The molecule has 2 rings (SSSR count). The molecule has 0 unspecified atom stereocenters. The van der Waals surface area contributed by atoms with Crippen molar-refractivity contribution in [3.8, 4) is 12.3 Å². The van der Waals surface area contributed by atoms with Crippen molar-refractivity contribution in [1.82, 2.24) is 0 Å². The normalized spacial score (nSPS) is 28.4. The molecule has 0 N–H and O–H groups in total. The van der Waals surface area contributed by atoms with Crippen LogP contribution in [0, 0.1) is 18.3 Å². The van der Waals surface area contributed by atoms with Crippen molar-refractivity contribution in [2.75, 3.05) is 0 Å². The summed E-state index contributed by atoms with van der Waals surface area (Å²) in [5, 5.41) is 0.717. The van der Waals surface area contributed by atoms with Crippen LogP contribution in [0.5, 0.6) is 0 Å². The third kappa shape index (κ3) is 2.37. The Morgan fingerprint density at radius 3 is 2.65 bits per heavy atom. The maximum Gasteiger partial charge on any atom is 0.123 e. The van der Waals surface area contributed by atoms with Crippen LogP contribution in [0.3, 0.4) is 0 Å². The molecule has 1 aliphatic rings.